The summed E-state index contributed by atoms with van der Waals surface area (Å²) < 4.78 is 38.0. The predicted octanol–water partition coefficient (Wildman–Crippen LogP) is 0.900. The molecule has 10 nitrogen and oxygen atoms in total. The summed E-state index contributed by atoms with van der Waals surface area (Å²) >= 11 is 0. The Morgan fingerprint density at radius 1 is 1.05 bits per heavy atom. The minimum atomic E-state index is -3.40. The normalized spacial score (nSPS) is 20.1. The van der Waals surface area contributed by atoms with Crippen LogP contribution >= 0.6 is 0 Å². The van der Waals surface area contributed by atoms with Gasteiger partial charge < -0.3 is 14.8 Å². The Morgan fingerprint density at radius 2 is 1.71 bits per heavy atom. The Morgan fingerprint density at radius 3 is 2.34 bits per heavy atom. The van der Waals surface area contributed by atoms with Crippen molar-refractivity contribution >= 4 is 15.9 Å². The Hall–Kier alpha value is -3.01. The van der Waals surface area contributed by atoms with E-state index in [9.17, 15) is 13.2 Å². The van der Waals surface area contributed by atoms with E-state index in [2.05, 4.69) is 21.2 Å². The molecule has 38 heavy (non-hydrogen) atoms. The number of sulfonamides is 1. The molecule has 0 aromatic heterocycles. The van der Waals surface area contributed by atoms with Gasteiger partial charge in [0.1, 0.15) is 12.4 Å². The lowest BCUT2D eigenvalue weighted by molar-refractivity contribution is -0.145. The van der Waals surface area contributed by atoms with E-state index in [1.807, 2.05) is 30.3 Å². The van der Waals surface area contributed by atoms with Crippen LogP contribution in [0.1, 0.15) is 11.1 Å². The van der Waals surface area contributed by atoms with Gasteiger partial charge in [-0.2, -0.15) is 9.57 Å². The van der Waals surface area contributed by atoms with Crippen LogP contribution in [-0.4, -0.2) is 106 Å². The first kappa shape index (κ1) is 28.0. The third-order valence-corrected chi connectivity index (χ3v) is 7.96. The minimum Gasteiger partial charge on any atom is -0.492 e. The molecule has 0 spiro atoms. The van der Waals surface area contributed by atoms with Crippen LogP contribution in [0.3, 0.4) is 0 Å². The molecule has 2 aliphatic heterocycles. The third kappa shape index (κ3) is 8.51. The highest BCUT2D eigenvalue weighted by molar-refractivity contribution is 7.88. The van der Waals surface area contributed by atoms with Crippen molar-refractivity contribution in [3.63, 3.8) is 0 Å². The molecule has 2 atom stereocenters. The number of nitriles is 1. The summed E-state index contributed by atoms with van der Waals surface area (Å²) in [5.74, 6) is 0.592. The summed E-state index contributed by atoms with van der Waals surface area (Å²) in [7, 11) is -3.40. The molecule has 11 heteroatoms. The lowest BCUT2D eigenvalue weighted by Gasteiger charge is -2.45. The molecule has 4 rings (SSSR count). The quantitative estimate of drug-likeness (QED) is 0.422. The summed E-state index contributed by atoms with van der Waals surface area (Å²) in [6, 6.07) is 18.6. The second kappa shape index (κ2) is 13.2. The van der Waals surface area contributed by atoms with Gasteiger partial charge in [0.05, 0.1) is 36.6 Å². The maximum atomic E-state index is 12.5. The number of carbonyl (C=O) groups excluding carboxylic acids is 1. The number of amides is 1. The molecule has 2 bridgehead atoms. The molecule has 2 saturated heterocycles. The predicted molar refractivity (Wildman–Crippen MR) is 143 cm³/mol. The topological polar surface area (TPSA) is 115 Å². The van der Waals surface area contributed by atoms with Gasteiger partial charge in [-0.15, -0.1) is 0 Å². The fourth-order valence-corrected chi connectivity index (χ4v) is 5.63. The summed E-state index contributed by atoms with van der Waals surface area (Å²) in [6.07, 6.45) is 1.18. The monoisotopic (exact) mass is 541 g/mol. The summed E-state index contributed by atoms with van der Waals surface area (Å²) in [5, 5.41) is 11.9. The highest BCUT2D eigenvalue weighted by atomic mass is 32.2. The molecular weight excluding hydrogens is 506 g/mol. The Balaban J connectivity index is 1.20. The van der Waals surface area contributed by atoms with Gasteiger partial charge in [-0.25, -0.2) is 8.42 Å². The second-order valence-corrected chi connectivity index (χ2v) is 11.7. The van der Waals surface area contributed by atoms with Gasteiger partial charge in [0.15, 0.2) is 0 Å². The first-order chi connectivity index (χ1) is 18.3. The van der Waals surface area contributed by atoms with E-state index >= 15 is 0 Å². The molecule has 0 saturated carbocycles. The van der Waals surface area contributed by atoms with E-state index in [-0.39, 0.29) is 31.3 Å². The van der Waals surface area contributed by atoms with Gasteiger partial charge in [0, 0.05) is 52.4 Å². The molecule has 2 aromatic carbocycles. The molecule has 2 unspecified atom stereocenters. The number of benzene rings is 2. The van der Waals surface area contributed by atoms with Gasteiger partial charge in [-0.1, -0.05) is 30.3 Å². The number of carbonyl (C=O) groups is 1. The van der Waals surface area contributed by atoms with Crippen LogP contribution in [0.15, 0.2) is 54.6 Å². The van der Waals surface area contributed by atoms with E-state index in [0.29, 0.717) is 63.7 Å². The SMILES string of the molecule is CS(=O)(=O)N(CCOc1ccc(C#N)cc1)CCN1CC2CN(CC(=O)NCc3ccccc3)CC(C1)O2. The number of ether oxygens (including phenoxy) is 2. The fourth-order valence-electron chi connectivity index (χ4n) is 4.82. The Labute approximate surface area is 224 Å². The molecule has 0 aliphatic carbocycles. The van der Waals surface area contributed by atoms with Crippen LogP contribution in [0, 0.1) is 11.3 Å². The largest absolute Gasteiger partial charge is 0.492 e. The average Bonchev–Trinajstić information content (AvgIpc) is 2.89. The minimum absolute atomic E-state index is 0.00213. The van der Waals surface area contributed by atoms with Crippen molar-refractivity contribution in [2.75, 3.05) is 65.2 Å². The molecule has 2 fully saturated rings. The molecular formula is C27H35N5O5S. The summed E-state index contributed by atoms with van der Waals surface area (Å²) in [6.45, 7) is 4.98. The second-order valence-electron chi connectivity index (χ2n) is 9.74. The van der Waals surface area contributed by atoms with Gasteiger partial charge in [-0.05, 0) is 29.8 Å². The maximum Gasteiger partial charge on any atom is 0.234 e. The van der Waals surface area contributed by atoms with E-state index in [4.69, 9.17) is 14.7 Å². The van der Waals surface area contributed by atoms with Gasteiger partial charge in [0.25, 0.3) is 0 Å². The van der Waals surface area contributed by atoms with Crippen LogP contribution in [-0.2, 0) is 26.1 Å². The molecule has 1 amide bonds. The molecule has 2 aromatic rings. The van der Waals surface area contributed by atoms with Crippen molar-refractivity contribution in [3.8, 4) is 11.8 Å². The van der Waals surface area contributed by atoms with Crippen LogP contribution < -0.4 is 10.1 Å². The van der Waals surface area contributed by atoms with E-state index in [1.165, 1.54) is 10.6 Å². The van der Waals surface area contributed by atoms with Gasteiger partial charge >= 0.3 is 0 Å². The highest BCUT2D eigenvalue weighted by Crippen LogP contribution is 2.19. The zero-order chi connectivity index (χ0) is 27.0. The number of rotatable bonds is 12. The van der Waals surface area contributed by atoms with Crippen molar-refractivity contribution in [2.45, 2.75) is 18.8 Å². The van der Waals surface area contributed by atoms with E-state index in [0.717, 1.165) is 5.56 Å². The Kier molecular flexibility index (Phi) is 9.71. The van der Waals surface area contributed by atoms with Crippen molar-refractivity contribution in [3.05, 3.63) is 65.7 Å². The first-order valence-electron chi connectivity index (χ1n) is 12.8. The Bertz CT molecular complexity index is 1190. The van der Waals surface area contributed by atoms with Crippen molar-refractivity contribution in [1.82, 2.24) is 19.4 Å². The van der Waals surface area contributed by atoms with Crippen molar-refractivity contribution in [1.29, 1.82) is 5.26 Å². The molecule has 0 radical (unpaired) electrons. The summed E-state index contributed by atoms with van der Waals surface area (Å²) in [4.78, 5) is 16.8. The molecule has 204 valence electrons. The fraction of sp³-hybridized carbons (Fsp3) is 0.481. The smallest absolute Gasteiger partial charge is 0.234 e. The standard InChI is InChI=1S/C27H35N5O5S/c1-38(34,35)32(13-14-36-24-9-7-22(15-28)8-10-24)12-11-30-17-25-19-31(20-26(18-30)37-25)21-27(33)29-16-23-5-3-2-4-6-23/h2-10,25-26H,11-14,16-21H2,1H3,(H,29,33). The van der Waals surface area contributed by atoms with Gasteiger partial charge in [-0.3, -0.25) is 14.6 Å². The lowest BCUT2D eigenvalue weighted by Crippen LogP contribution is -2.61. The molecule has 1 N–H and O–H groups in total. The number of hydrogen-bond donors (Lipinski definition) is 1. The zero-order valence-corrected chi connectivity index (χ0v) is 22.5. The molecule has 2 heterocycles. The zero-order valence-electron chi connectivity index (χ0n) is 21.7. The summed E-state index contributed by atoms with van der Waals surface area (Å²) in [5.41, 5.74) is 1.61. The van der Waals surface area contributed by atoms with Crippen LogP contribution in [0.25, 0.3) is 0 Å². The number of nitrogens with one attached hydrogen (secondary N) is 1. The van der Waals surface area contributed by atoms with E-state index < -0.39 is 10.0 Å². The van der Waals surface area contributed by atoms with Gasteiger partial charge in [0.2, 0.25) is 15.9 Å². The number of morpholine rings is 2. The van der Waals surface area contributed by atoms with Crippen molar-refractivity contribution < 1.29 is 22.7 Å². The van der Waals surface area contributed by atoms with Crippen LogP contribution in [0.2, 0.25) is 0 Å². The van der Waals surface area contributed by atoms with E-state index in [1.54, 1.807) is 24.3 Å². The highest BCUT2D eigenvalue weighted by Gasteiger charge is 2.35. The van der Waals surface area contributed by atoms with Crippen molar-refractivity contribution in [2.24, 2.45) is 0 Å². The number of hydrogen-bond acceptors (Lipinski definition) is 8. The average molecular weight is 542 g/mol. The molecule has 2 aliphatic rings. The van der Waals surface area contributed by atoms with Crippen LogP contribution in [0.4, 0.5) is 0 Å². The number of fused-ring (bicyclic) bond motifs is 2. The third-order valence-electron chi connectivity index (χ3n) is 6.66. The first-order valence-corrected chi connectivity index (χ1v) is 14.6. The van der Waals surface area contributed by atoms with Crippen LogP contribution in [0.5, 0.6) is 5.75 Å². The number of nitrogens with zero attached hydrogens (tertiary/aromatic N) is 4. The lowest BCUT2D eigenvalue weighted by atomic mass is 10.1. The maximum absolute atomic E-state index is 12.5.